The molecule has 1 N–H and O–H groups in total. The van der Waals surface area contributed by atoms with Crippen LogP contribution in [0.3, 0.4) is 0 Å². The molecule has 21 heavy (non-hydrogen) atoms. The Kier molecular flexibility index (Phi) is 5.45. The third kappa shape index (κ3) is 4.88. The van der Waals surface area contributed by atoms with Crippen molar-refractivity contribution in [1.29, 1.82) is 0 Å². The highest BCUT2D eigenvalue weighted by atomic mass is 32.2. The topological polar surface area (TPSA) is 23.5 Å². The van der Waals surface area contributed by atoms with Gasteiger partial charge in [-0.2, -0.15) is 0 Å². The second-order valence-electron chi connectivity index (χ2n) is 5.77. The standard InChI is InChI=1S/C18H23NOS/c1-18(20,13-14-19(2)3)15-9-11-17(12-10-15)21-16-7-5-4-6-8-16/h4-12,20H,13-14H2,1-3H3. The Morgan fingerprint density at radius 3 is 2.10 bits per heavy atom. The Bertz CT molecular complexity index is 549. The van der Waals surface area contributed by atoms with E-state index in [9.17, 15) is 5.11 Å². The third-order valence-electron chi connectivity index (χ3n) is 3.50. The van der Waals surface area contributed by atoms with E-state index in [0.717, 1.165) is 18.5 Å². The maximum atomic E-state index is 10.6. The van der Waals surface area contributed by atoms with Crippen molar-refractivity contribution in [3.8, 4) is 0 Å². The minimum absolute atomic E-state index is 0.727. The van der Waals surface area contributed by atoms with Crippen LogP contribution in [0.15, 0.2) is 64.4 Å². The van der Waals surface area contributed by atoms with Crippen LogP contribution in [-0.4, -0.2) is 30.6 Å². The van der Waals surface area contributed by atoms with Gasteiger partial charge in [0.05, 0.1) is 5.60 Å². The molecule has 0 bridgehead atoms. The number of rotatable bonds is 6. The van der Waals surface area contributed by atoms with E-state index in [4.69, 9.17) is 0 Å². The van der Waals surface area contributed by atoms with E-state index in [1.807, 2.05) is 51.4 Å². The normalized spacial score (nSPS) is 14.1. The molecule has 112 valence electrons. The van der Waals surface area contributed by atoms with Gasteiger partial charge in [-0.25, -0.2) is 0 Å². The van der Waals surface area contributed by atoms with Gasteiger partial charge in [-0.3, -0.25) is 0 Å². The van der Waals surface area contributed by atoms with Crippen molar-refractivity contribution in [2.24, 2.45) is 0 Å². The van der Waals surface area contributed by atoms with Gasteiger partial charge in [0.15, 0.2) is 0 Å². The molecule has 0 heterocycles. The van der Waals surface area contributed by atoms with E-state index >= 15 is 0 Å². The predicted molar refractivity (Wildman–Crippen MR) is 89.7 cm³/mol. The Balaban J connectivity index is 2.04. The van der Waals surface area contributed by atoms with Crippen LogP contribution in [0.1, 0.15) is 18.9 Å². The molecule has 2 aromatic carbocycles. The molecule has 2 aromatic rings. The van der Waals surface area contributed by atoms with Crippen LogP contribution in [0.5, 0.6) is 0 Å². The molecule has 0 aliphatic rings. The van der Waals surface area contributed by atoms with Gasteiger partial charge in [-0.05, 0) is 57.3 Å². The van der Waals surface area contributed by atoms with Gasteiger partial charge < -0.3 is 10.0 Å². The fourth-order valence-electron chi connectivity index (χ4n) is 2.09. The molecule has 0 aromatic heterocycles. The molecule has 0 fully saturated rings. The zero-order valence-electron chi connectivity index (χ0n) is 12.9. The zero-order chi connectivity index (χ0) is 15.3. The summed E-state index contributed by atoms with van der Waals surface area (Å²) in [6, 6.07) is 18.5. The molecule has 0 amide bonds. The van der Waals surface area contributed by atoms with Crippen LogP contribution in [0.2, 0.25) is 0 Å². The van der Waals surface area contributed by atoms with Crippen molar-refractivity contribution < 1.29 is 5.11 Å². The summed E-state index contributed by atoms with van der Waals surface area (Å²) in [7, 11) is 4.05. The number of hydrogen-bond acceptors (Lipinski definition) is 3. The van der Waals surface area contributed by atoms with Gasteiger partial charge in [0.25, 0.3) is 0 Å². The van der Waals surface area contributed by atoms with Crippen LogP contribution in [0, 0.1) is 0 Å². The largest absolute Gasteiger partial charge is 0.385 e. The van der Waals surface area contributed by atoms with E-state index in [-0.39, 0.29) is 0 Å². The minimum Gasteiger partial charge on any atom is -0.385 e. The molecule has 0 saturated carbocycles. The van der Waals surface area contributed by atoms with Crippen LogP contribution >= 0.6 is 11.8 Å². The smallest absolute Gasteiger partial charge is 0.0880 e. The highest BCUT2D eigenvalue weighted by molar-refractivity contribution is 7.99. The van der Waals surface area contributed by atoms with E-state index in [0.29, 0.717) is 0 Å². The van der Waals surface area contributed by atoms with E-state index in [1.54, 1.807) is 11.8 Å². The molecule has 0 aliphatic heterocycles. The molecule has 1 unspecified atom stereocenters. The maximum Gasteiger partial charge on any atom is 0.0880 e. The highest BCUT2D eigenvalue weighted by Gasteiger charge is 2.22. The quantitative estimate of drug-likeness (QED) is 0.872. The Hall–Kier alpha value is -1.29. The van der Waals surface area contributed by atoms with Crippen LogP contribution < -0.4 is 0 Å². The fraction of sp³-hybridized carbons (Fsp3) is 0.333. The molecule has 2 rings (SSSR count). The fourth-order valence-corrected chi connectivity index (χ4v) is 2.93. The van der Waals surface area contributed by atoms with Crippen molar-refractivity contribution in [2.45, 2.75) is 28.7 Å². The maximum absolute atomic E-state index is 10.6. The lowest BCUT2D eigenvalue weighted by molar-refractivity contribution is 0.0405. The first-order valence-corrected chi connectivity index (χ1v) is 7.99. The highest BCUT2D eigenvalue weighted by Crippen LogP contribution is 2.30. The molecule has 0 saturated heterocycles. The second-order valence-corrected chi connectivity index (χ2v) is 6.91. The lowest BCUT2D eigenvalue weighted by Crippen LogP contribution is -2.27. The Labute approximate surface area is 131 Å². The SMILES string of the molecule is CN(C)CCC(C)(O)c1ccc(Sc2ccccc2)cc1. The van der Waals surface area contributed by atoms with Gasteiger partial charge in [-0.15, -0.1) is 0 Å². The van der Waals surface area contributed by atoms with Gasteiger partial charge in [0.2, 0.25) is 0 Å². The third-order valence-corrected chi connectivity index (χ3v) is 4.52. The second kappa shape index (κ2) is 7.12. The summed E-state index contributed by atoms with van der Waals surface area (Å²) in [5.74, 6) is 0. The van der Waals surface area contributed by atoms with Crippen molar-refractivity contribution in [1.82, 2.24) is 4.90 Å². The number of benzene rings is 2. The predicted octanol–water partition coefficient (Wildman–Crippen LogP) is 4.00. The molecular weight excluding hydrogens is 278 g/mol. The lowest BCUT2D eigenvalue weighted by atomic mass is 9.92. The van der Waals surface area contributed by atoms with Gasteiger partial charge in [0.1, 0.15) is 0 Å². The zero-order valence-corrected chi connectivity index (χ0v) is 13.7. The minimum atomic E-state index is -0.778. The average molecular weight is 301 g/mol. The monoisotopic (exact) mass is 301 g/mol. The molecule has 0 aliphatic carbocycles. The van der Waals surface area contributed by atoms with Crippen LogP contribution in [0.25, 0.3) is 0 Å². The van der Waals surface area contributed by atoms with Gasteiger partial charge in [-0.1, -0.05) is 42.1 Å². The first-order chi connectivity index (χ1) is 9.97. The summed E-state index contributed by atoms with van der Waals surface area (Å²) in [6.07, 6.45) is 0.727. The van der Waals surface area contributed by atoms with Crippen molar-refractivity contribution >= 4 is 11.8 Å². The summed E-state index contributed by atoms with van der Waals surface area (Å²) in [6.45, 7) is 2.75. The average Bonchev–Trinajstić information content (AvgIpc) is 2.47. The number of hydrogen-bond donors (Lipinski definition) is 1. The van der Waals surface area contributed by atoms with E-state index in [1.165, 1.54) is 9.79 Å². The van der Waals surface area contributed by atoms with Crippen LogP contribution in [-0.2, 0) is 5.60 Å². The molecule has 2 nitrogen and oxygen atoms in total. The molecular formula is C18H23NOS. The first-order valence-electron chi connectivity index (χ1n) is 7.18. The summed E-state index contributed by atoms with van der Waals surface area (Å²) < 4.78 is 0. The van der Waals surface area contributed by atoms with Crippen molar-refractivity contribution in [2.75, 3.05) is 20.6 Å². The number of aliphatic hydroxyl groups is 1. The Morgan fingerprint density at radius 2 is 1.52 bits per heavy atom. The summed E-state index contributed by atoms with van der Waals surface area (Å²) in [4.78, 5) is 4.51. The Morgan fingerprint density at radius 1 is 0.952 bits per heavy atom. The summed E-state index contributed by atoms with van der Waals surface area (Å²) in [5, 5.41) is 10.6. The molecule has 0 spiro atoms. The first kappa shape index (κ1) is 16.1. The van der Waals surface area contributed by atoms with Crippen LogP contribution in [0.4, 0.5) is 0 Å². The van der Waals surface area contributed by atoms with Crippen molar-refractivity contribution in [3.05, 3.63) is 60.2 Å². The summed E-state index contributed by atoms with van der Waals surface area (Å²) in [5.41, 5.74) is 0.196. The van der Waals surface area contributed by atoms with Crippen molar-refractivity contribution in [3.63, 3.8) is 0 Å². The molecule has 1 atom stereocenters. The van der Waals surface area contributed by atoms with E-state index < -0.39 is 5.60 Å². The van der Waals surface area contributed by atoms with E-state index in [2.05, 4.69) is 29.2 Å². The number of nitrogens with zero attached hydrogens (tertiary/aromatic N) is 1. The van der Waals surface area contributed by atoms with Gasteiger partial charge in [0, 0.05) is 16.3 Å². The molecule has 0 radical (unpaired) electrons. The van der Waals surface area contributed by atoms with Gasteiger partial charge >= 0.3 is 0 Å². The lowest BCUT2D eigenvalue weighted by Gasteiger charge is -2.25. The molecule has 3 heteroatoms. The summed E-state index contributed by atoms with van der Waals surface area (Å²) >= 11 is 1.74.